The molecule has 3 amide bonds. The van der Waals surface area contributed by atoms with Gasteiger partial charge in [-0.25, -0.2) is 9.18 Å². The molecule has 6 nitrogen and oxygen atoms in total. The number of hydrogen-bond acceptors (Lipinski definition) is 3. The van der Waals surface area contributed by atoms with Crippen molar-refractivity contribution in [3.05, 3.63) is 88.7 Å². The number of carbonyl (C=O) groups excluding carboxylic acids is 2. The first-order chi connectivity index (χ1) is 16.4. The Labute approximate surface area is 199 Å². The van der Waals surface area contributed by atoms with Gasteiger partial charge in [0, 0.05) is 30.9 Å². The maximum Gasteiger partial charge on any atom is 0.323 e. The first kappa shape index (κ1) is 23.3. The molecule has 3 aromatic rings. The van der Waals surface area contributed by atoms with Gasteiger partial charge in [-0.2, -0.15) is 0 Å². The summed E-state index contributed by atoms with van der Waals surface area (Å²) in [4.78, 5) is 27.9. The number of nitrogens with one attached hydrogen (secondary N) is 3. The SMILES string of the molecule is Cc1cccc(NC(=O)Nc2cc(C(=O)NCc3cccc(F)c3)ccc2N2CCCC2)c1C. The van der Waals surface area contributed by atoms with Gasteiger partial charge >= 0.3 is 6.03 Å². The van der Waals surface area contributed by atoms with E-state index in [-0.39, 0.29) is 24.3 Å². The van der Waals surface area contributed by atoms with Crippen LogP contribution in [0.2, 0.25) is 0 Å². The molecule has 0 atom stereocenters. The van der Waals surface area contributed by atoms with E-state index < -0.39 is 0 Å². The Morgan fingerprint density at radius 3 is 2.41 bits per heavy atom. The van der Waals surface area contributed by atoms with Gasteiger partial charge in [-0.1, -0.05) is 24.3 Å². The van der Waals surface area contributed by atoms with Crippen molar-refractivity contribution < 1.29 is 14.0 Å². The summed E-state index contributed by atoms with van der Waals surface area (Å²) in [6.45, 7) is 5.97. The van der Waals surface area contributed by atoms with Crippen LogP contribution in [0.3, 0.4) is 0 Å². The van der Waals surface area contributed by atoms with E-state index >= 15 is 0 Å². The second-order valence-corrected chi connectivity index (χ2v) is 8.57. The molecule has 0 bridgehead atoms. The van der Waals surface area contributed by atoms with Crippen molar-refractivity contribution in [3.63, 3.8) is 0 Å². The fourth-order valence-electron chi connectivity index (χ4n) is 4.10. The highest BCUT2D eigenvalue weighted by atomic mass is 19.1. The van der Waals surface area contributed by atoms with Crippen LogP contribution in [0.15, 0.2) is 60.7 Å². The second kappa shape index (κ2) is 10.4. The lowest BCUT2D eigenvalue weighted by Crippen LogP contribution is -2.26. The molecule has 1 aliphatic heterocycles. The largest absolute Gasteiger partial charge is 0.370 e. The molecule has 7 heteroatoms. The molecule has 1 fully saturated rings. The number of nitrogens with zero attached hydrogens (tertiary/aromatic N) is 1. The van der Waals surface area contributed by atoms with Gasteiger partial charge in [0.1, 0.15) is 5.82 Å². The quantitative estimate of drug-likeness (QED) is 0.447. The van der Waals surface area contributed by atoms with Crippen LogP contribution in [-0.2, 0) is 6.54 Å². The van der Waals surface area contributed by atoms with Crippen molar-refractivity contribution in [1.82, 2.24) is 5.32 Å². The number of carbonyl (C=O) groups is 2. The van der Waals surface area contributed by atoms with Crippen LogP contribution in [0.5, 0.6) is 0 Å². The van der Waals surface area contributed by atoms with Crippen LogP contribution in [-0.4, -0.2) is 25.0 Å². The van der Waals surface area contributed by atoms with Crippen LogP contribution < -0.4 is 20.9 Å². The average molecular weight is 461 g/mol. The Kier molecular flexibility index (Phi) is 7.11. The summed E-state index contributed by atoms with van der Waals surface area (Å²) in [6, 6.07) is 16.8. The molecule has 0 unspecified atom stereocenters. The highest BCUT2D eigenvalue weighted by Gasteiger charge is 2.19. The predicted molar refractivity (Wildman–Crippen MR) is 134 cm³/mol. The molecule has 0 spiro atoms. The summed E-state index contributed by atoms with van der Waals surface area (Å²) in [6.07, 6.45) is 2.17. The number of aryl methyl sites for hydroxylation is 1. The van der Waals surface area contributed by atoms with E-state index in [0.717, 1.165) is 48.4 Å². The number of rotatable bonds is 6. The van der Waals surface area contributed by atoms with Crippen molar-refractivity contribution >= 4 is 29.0 Å². The molecular formula is C27H29FN4O2. The van der Waals surface area contributed by atoms with E-state index in [1.165, 1.54) is 12.1 Å². The lowest BCUT2D eigenvalue weighted by molar-refractivity contribution is 0.0951. The maximum absolute atomic E-state index is 13.4. The molecule has 3 aromatic carbocycles. The fraction of sp³-hybridized carbons (Fsp3) is 0.259. The molecule has 3 N–H and O–H groups in total. The number of urea groups is 1. The first-order valence-electron chi connectivity index (χ1n) is 11.5. The zero-order valence-electron chi connectivity index (χ0n) is 19.5. The molecule has 1 aliphatic rings. The lowest BCUT2D eigenvalue weighted by atomic mass is 10.1. The second-order valence-electron chi connectivity index (χ2n) is 8.57. The van der Waals surface area contributed by atoms with E-state index in [1.807, 2.05) is 38.1 Å². The van der Waals surface area contributed by atoms with Gasteiger partial charge in [0.15, 0.2) is 0 Å². The van der Waals surface area contributed by atoms with Crippen molar-refractivity contribution in [2.24, 2.45) is 0 Å². The van der Waals surface area contributed by atoms with E-state index in [2.05, 4.69) is 20.9 Å². The Balaban J connectivity index is 1.52. The number of benzene rings is 3. The Hall–Kier alpha value is -3.87. The maximum atomic E-state index is 13.4. The van der Waals surface area contributed by atoms with Gasteiger partial charge in [-0.3, -0.25) is 4.79 Å². The van der Waals surface area contributed by atoms with Gasteiger partial charge in [0.05, 0.1) is 11.4 Å². The summed E-state index contributed by atoms with van der Waals surface area (Å²) in [5, 5.41) is 8.67. The Bertz CT molecular complexity index is 1200. The molecule has 34 heavy (non-hydrogen) atoms. The van der Waals surface area contributed by atoms with Crippen molar-refractivity contribution in [2.45, 2.75) is 33.2 Å². The van der Waals surface area contributed by atoms with Gasteiger partial charge in [0.25, 0.3) is 5.91 Å². The molecule has 1 heterocycles. The standard InChI is InChI=1S/C27H29FN4O2/c1-18-7-5-10-23(19(18)2)30-27(34)31-24-16-21(11-12-25(24)32-13-3-4-14-32)26(33)29-17-20-8-6-9-22(28)15-20/h5-12,15-16H,3-4,13-14,17H2,1-2H3,(H,29,33)(H2,30,31,34). The monoisotopic (exact) mass is 460 g/mol. The lowest BCUT2D eigenvalue weighted by Gasteiger charge is -2.22. The summed E-state index contributed by atoms with van der Waals surface area (Å²) in [5.74, 6) is -0.640. The van der Waals surface area contributed by atoms with Crippen molar-refractivity contribution in [1.29, 1.82) is 0 Å². The first-order valence-corrected chi connectivity index (χ1v) is 11.5. The minimum atomic E-state index is -0.369. The number of hydrogen-bond donors (Lipinski definition) is 3. The van der Waals surface area contributed by atoms with Gasteiger partial charge < -0.3 is 20.9 Å². The zero-order valence-corrected chi connectivity index (χ0v) is 19.5. The van der Waals surface area contributed by atoms with Crippen LogP contribution in [0.1, 0.15) is 39.9 Å². The molecule has 0 saturated carbocycles. The summed E-state index contributed by atoms with van der Waals surface area (Å²) in [7, 11) is 0. The molecule has 0 aromatic heterocycles. The fourth-order valence-corrected chi connectivity index (χ4v) is 4.10. The minimum absolute atomic E-state index is 0.209. The molecular weight excluding hydrogens is 431 g/mol. The summed E-state index contributed by atoms with van der Waals surface area (Å²) < 4.78 is 13.4. The average Bonchev–Trinajstić information content (AvgIpc) is 3.35. The Morgan fingerprint density at radius 2 is 1.65 bits per heavy atom. The zero-order chi connectivity index (χ0) is 24.1. The predicted octanol–water partition coefficient (Wildman–Crippen LogP) is 5.62. The normalized spacial score (nSPS) is 13.0. The van der Waals surface area contributed by atoms with Crippen LogP contribution >= 0.6 is 0 Å². The molecule has 0 aliphatic carbocycles. The Morgan fingerprint density at radius 1 is 0.912 bits per heavy atom. The van der Waals surface area contributed by atoms with Gasteiger partial charge in [0.2, 0.25) is 0 Å². The highest BCUT2D eigenvalue weighted by Crippen LogP contribution is 2.30. The van der Waals surface area contributed by atoms with Crippen molar-refractivity contribution in [3.8, 4) is 0 Å². The van der Waals surface area contributed by atoms with Crippen LogP contribution in [0.4, 0.5) is 26.2 Å². The molecule has 1 saturated heterocycles. The van der Waals surface area contributed by atoms with Gasteiger partial charge in [-0.05, 0) is 79.8 Å². The molecule has 176 valence electrons. The topological polar surface area (TPSA) is 73.5 Å². The van der Waals surface area contributed by atoms with E-state index in [0.29, 0.717) is 16.8 Å². The number of anilines is 3. The van der Waals surface area contributed by atoms with E-state index in [1.54, 1.807) is 24.3 Å². The highest BCUT2D eigenvalue weighted by molar-refractivity contribution is 6.04. The van der Waals surface area contributed by atoms with Crippen LogP contribution in [0.25, 0.3) is 0 Å². The number of amides is 3. The third-order valence-electron chi connectivity index (χ3n) is 6.15. The molecule has 0 radical (unpaired) electrons. The molecule has 4 rings (SSSR count). The van der Waals surface area contributed by atoms with Gasteiger partial charge in [-0.15, -0.1) is 0 Å². The summed E-state index contributed by atoms with van der Waals surface area (Å²) in [5.41, 5.74) is 5.38. The summed E-state index contributed by atoms with van der Waals surface area (Å²) >= 11 is 0. The van der Waals surface area contributed by atoms with Crippen LogP contribution in [0, 0.1) is 19.7 Å². The smallest absolute Gasteiger partial charge is 0.323 e. The minimum Gasteiger partial charge on any atom is -0.370 e. The number of halogens is 1. The van der Waals surface area contributed by atoms with E-state index in [4.69, 9.17) is 0 Å². The third kappa shape index (κ3) is 5.54. The van der Waals surface area contributed by atoms with Crippen molar-refractivity contribution in [2.75, 3.05) is 28.6 Å². The van der Waals surface area contributed by atoms with E-state index in [9.17, 15) is 14.0 Å². The third-order valence-corrected chi connectivity index (χ3v) is 6.15.